The standard InChI is InChI=1S/C18H18N2O/c1-13-18(14(2)20-19-13)16-9-6-10-17(11-16)21-12-15-7-4-3-5-8-15/h3-11H,12H2,1-2H3,(H,19,20). The number of hydrogen-bond donors (Lipinski definition) is 1. The molecule has 3 heteroatoms. The predicted molar refractivity (Wildman–Crippen MR) is 84.3 cm³/mol. The van der Waals surface area contributed by atoms with Gasteiger partial charge in [0.2, 0.25) is 0 Å². The zero-order valence-corrected chi connectivity index (χ0v) is 12.3. The Morgan fingerprint density at radius 2 is 1.81 bits per heavy atom. The summed E-state index contributed by atoms with van der Waals surface area (Å²) in [7, 11) is 0. The number of nitrogens with one attached hydrogen (secondary N) is 1. The largest absolute Gasteiger partial charge is 0.489 e. The molecule has 3 rings (SSSR count). The summed E-state index contributed by atoms with van der Waals surface area (Å²) in [6.45, 7) is 4.62. The summed E-state index contributed by atoms with van der Waals surface area (Å²) in [5, 5.41) is 7.27. The SMILES string of the molecule is Cc1n[nH]c(C)c1-c1cccc(OCc2ccccc2)c1. The van der Waals surface area contributed by atoms with Gasteiger partial charge < -0.3 is 4.74 Å². The van der Waals surface area contributed by atoms with Crippen LogP contribution in [-0.2, 0) is 6.61 Å². The normalized spacial score (nSPS) is 10.6. The van der Waals surface area contributed by atoms with E-state index in [1.165, 1.54) is 5.56 Å². The molecule has 0 atom stereocenters. The van der Waals surface area contributed by atoms with Crippen LogP contribution in [0.5, 0.6) is 5.75 Å². The predicted octanol–water partition coefficient (Wildman–Crippen LogP) is 4.27. The number of aryl methyl sites for hydroxylation is 2. The molecule has 0 fully saturated rings. The summed E-state index contributed by atoms with van der Waals surface area (Å²) in [5.41, 5.74) is 5.53. The topological polar surface area (TPSA) is 37.9 Å². The van der Waals surface area contributed by atoms with Gasteiger partial charge in [-0.3, -0.25) is 5.10 Å². The molecule has 0 radical (unpaired) electrons. The number of nitrogens with zero attached hydrogens (tertiary/aromatic N) is 1. The molecule has 0 bridgehead atoms. The lowest BCUT2D eigenvalue weighted by molar-refractivity contribution is 0.306. The third kappa shape index (κ3) is 2.97. The van der Waals surface area contributed by atoms with E-state index in [-0.39, 0.29) is 0 Å². The van der Waals surface area contributed by atoms with Crippen LogP contribution in [0.3, 0.4) is 0 Å². The van der Waals surface area contributed by atoms with Crippen LogP contribution in [0.25, 0.3) is 11.1 Å². The Bertz CT molecular complexity index is 712. The first kappa shape index (κ1) is 13.4. The molecular formula is C18H18N2O. The van der Waals surface area contributed by atoms with Crippen molar-refractivity contribution in [2.24, 2.45) is 0 Å². The van der Waals surface area contributed by atoms with Crippen LogP contribution in [0.1, 0.15) is 17.0 Å². The number of ether oxygens (including phenoxy) is 1. The molecule has 0 spiro atoms. The first-order chi connectivity index (χ1) is 10.2. The van der Waals surface area contributed by atoms with Gasteiger partial charge in [0, 0.05) is 11.3 Å². The van der Waals surface area contributed by atoms with Gasteiger partial charge in [-0.05, 0) is 37.1 Å². The van der Waals surface area contributed by atoms with Crippen molar-refractivity contribution in [1.82, 2.24) is 10.2 Å². The smallest absolute Gasteiger partial charge is 0.120 e. The van der Waals surface area contributed by atoms with Crippen molar-refractivity contribution in [3.63, 3.8) is 0 Å². The second kappa shape index (κ2) is 5.83. The summed E-state index contributed by atoms with van der Waals surface area (Å²) < 4.78 is 5.88. The Hall–Kier alpha value is -2.55. The molecule has 0 unspecified atom stereocenters. The third-order valence-electron chi connectivity index (χ3n) is 3.50. The van der Waals surface area contributed by atoms with Crippen molar-refractivity contribution in [3.05, 3.63) is 71.5 Å². The monoisotopic (exact) mass is 278 g/mol. The molecule has 1 heterocycles. The summed E-state index contributed by atoms with van der Waals surface area (Å²) in [6, 6.07) is 18.3. The molecule has 1 aromatic heterocycles. The second-order valence-electron chi connectivity index (χ2n) is 5.11. The maximum atomic E-state index is 5.88. The molecule has 0 saturated heterocycles. The van der Waals surface area contributed by atoms with Gasteiger partial charge in [0.25, 0.3) is 0 Å². The van der Waals surface area contributed by atoms with Gasteiger partial charge in [0.15, 0.2) is 0 Å². The lowest BCUT2D eigenvalue weighted by Crippen LogP contribution is -1.95. The Balaban J connectivity index is 1.81. The van der Waals surface area contributed by atoms with E-state index in [0.29, 0.717) is 6.61 Å². The molecule has 2 aromatic carbocycles. The summed E-state index contributed by atoms with van der Waals surface area (Å²) >= 11 is 0. The van der Waals surface area contributed by atoms with Gasteiger partial charge >= 0.3 is 0 Å². The molecule has 0 aliphatic carbocycles. The van der Waals surface area contributed by atoms with E-state index < -0.39 is 0 Å². The number of aromatic nitrogens is 2. The van der Waals surface area contributed by atoms with Gasteiger partial charge in [-0.15, -0.1) is 0 Å². The van der Waals surface area contributed by atoms with Crippen LogP contribution in [0.2, 0.25) is 0 Å². The maximum Gasteiger partial charge on any atom is 0.120 e. The quantitative estimate of drug-likeness (QED) is 0.773. The molecule has 3 aromatic rings. The Labute approximate surface area is 124 Å². The number of rotatable bonds is 4. The van der Waals surface area contributed by atoms with Crippen LogP contribution in [0.4, 0.5) is 0 Å². The summed E-state index contributed by atoms with van der Waals surface area (Å²) in [6.07, 6.45) is 0. The number of benzene rings is 2. The Morgan fingerprint density at radius 1 is 1.00 bits per heavy atom. The Morgan fingerprint density at radius 3 is 2.52 bits per heavy atom. The maximum absolute atomic E-state index is 5.88. The molecule has 0 saturated carbocycles. The second-order valence-corrected chi connectivity index (χ2v) is 5.11. The average Bonchev–Trinajstić information content (AvgIpc) is 2.85. The van der Waals surface area contributed by atoms with Gasteiger partial charge in [0.1, 0.15) is 12.4 Å². The van der Waals surface area contributed by atoms with E-state index in [2.05, 4.69) is 34.5 Å². The van der Waals surface area contributed by atoms with Crippen LogP contribution in [0, 0.1) is 13.8 Å². The van der Waals surface area contributed by atoms with E-state index >= 15 is 0 Å². The van der Waals surface area contributed by atoms with Gasteiger partial charge in [-0.2, -0.15) is 5.10 Å². The van der Waals surface area contributed by atoms with Gasteiger partial charge in [0.05, 0.1) is 5.69 Å². The fraction of sp³-hybridized carbons (Fsp3) is 0.167. The minimum Gasteiger partial charge on any atom is -0.489 e. The van der Waals surface area contributed by atoms with Gasteiger partial charge in [-0.25, -0.2) is 0 Å². The molecule has 0 amide bonds. The van der Waals surface area contributed by atoms with Crippen LogP contribution in [-0.4, -0.2) is 10.2 Å². The summed E-state index contributed by atoms with van der Waals surface area (Å²) in [4.78, 5) is 0. The fourth-order valence-corrected chi connectivity index (χ4v) is 2.46. The van der Waals surface area contributed by atoms with Crippen LogP contribution >= 0.6 is 0 Å². The average molecular weight is 278 g/mol. The number of aromatic amines is 1. The van der Waals surface area contributed by atoms with Gasteiger partial charge in [-0.1, -0.05) is 42.5 Å². The highest BCUT2D eigenvalue weighted by atomic mass is 16.5. The lowest BCUT2D eigenvalue weighted by atomic mass is 10.0. The molecule has 0 aliphatic rings. The minimum absolute atomic E-state index is 0.577. The van der Waals surface area contributed by atoms with E-state index in [9.17, 15) is 0 Å². The van der Waals surface area contributed by atoms with Crippen molar-refractivity contribution in [2.75, 3.05) is 0 Å². The van der Waals surface area contributed by atoms with Crippen molar-refractivity contribution in [2.45, 2.75) is 20.5 Å². The highest BCUT2D eigenvalue weighted by Crippen LogP contribution is 2.28. The first-order valence-electron chi connectivity index (χ1n) is 7.03. The summed E-state index contributed by atoms with van der Waals surface area (Å²) in [5.74, 6) is 0.872. The van der Waals surface area contributed by atoms with E-state index in [1.54, 1.807) is 0 Å². The fourth-order valence-electron chi connectivity index (χ4n) is 2.46. The molecule has 1 N–H and O–H groups in total. The van der Waals surface area contributed by atoms with Crippen molar-refractivity contribution in [3.8, 4) is 16.9 Å². The van der Waals surface area contributed by atoms with Crippen molar-refractivity contribution >= 4 is 0 Å². The zero-order valence-electron chi connectivity index (χ0n) is 12.3. The highest BCUT2D eigenvalue weighted by molar-refractivity contribution is 5.69. The van der Waals surface area contributed by atoms with Crippen LogP contribution in [0.15, 0.2) is 54.6 Å². The third-order valence-corrected chi connectivity index (χ3v) is 3.50. The van der Waals surface area contributed by atoms with E-state index in [4.69, 9.17) is 4.74 Å². The lowest BCUT2D eigenvalue weighted by Gasteiger charge is -2.08. The van der Waals surface area contributed by atoms with E-state index in [1.807, 2.05) is 44.2 Å². The molecular weight excluding hydrogens is 260 g/mol. The highest BCUT2D eigenvalue weighted by Gasteiger charge is 2.09. The zero-order chi connectivity index (χ0) is 14.7. The molecule has 21 heavy (non-hydrogen) atoms. The van der Waals surface area contributed by atoms with E-state index in [0.717, 1.165) is 28.3 Å². The molecule has 0 aliphatic heterocycles. The molecule has 3 nitrogen and oxygen atoms in total. The van der Waals surface area contributed by atoms with Crippen LogP contribution < -0.4 is 4.74 Å². The number of H-pyrrole nitrogens is 1. The van der Waals surface area contributed by atoms with Crippen molar-refractivity contribution in [1.29, 1.82) is 0 Å². The van der Waals surface area contributed by atoms with Crippen molar-refractivity contribution < 1.29 is 4.74 Å². The minimum atomic E-state index is 0.577. The molecule has 106 valence electrons. The number of hydrogen-bond acceptors (Lipinski definition) is 2. The first-order valence-corrected chi connectivity index (χ1v) is 7.03. The Kier molecular flexibility index (Phi) is 3.73.